The van der Waals surface area contributed by atoms with Gasteiger partial charge in [-0.15, -0.1) is 0 Å². The van der Waals surface area contributed by atoms with Crippen molar-refractivity contribution in [2.75, 3.05) is 19.0 Å². The van der Waals surface area contributed by atoms with Gasteiger partial charge >= 0.3 is 12.1 Å². The lowest BCUT2D eigenvalue weighted by Crippen LogP contribution is -2.16. The molecule has 0 aliphatic rings. The number of hydrogen-bond donors (Lipinski definition) is 2. The molecule has 0 fully saturated rings. The number of hydrogen-bond acceptors (Lipinski definition) is 6. The Hall–Kier alpha value is -4.79. The summed E-state index contributed by atoms with van der Waals surface area (Å²) >= 11 is 12.5. The summed E-state index contributed by atoms with van der Waals surface area (Å²) in [5.74, 6) is 1.33. The number of esters is 1. The van der Waals surface area contributed by atoms with Crippen molar-refractivity contribution < 1.29 is 23.8 Å². The second-order valence-corrected chi connectivity index (χ2v) is 10.9. The first-order chi connectivity index (χ1) is 21.8. The lowest BCUT2D eigenvalue weighted by molar-refractivity contribution is 0.0601. The van der Waals surface area contributed by atoms with Crippen molar-refractivity contribution in [2.45, 2.75) is 26.2 Å². The van der Waals surface area contributed by atoms with E-state index in [1.807, 2.05) is 36.4 Å². The Morgan fingerprint density at radius 1 is 0.889 bits per heavy atom. The van der Waals surface area contributed by atoms with E-state index >= 15 is 0 Å². The van der Waals surface area contributed by atoms with Crippen LogP contribution in [0.4, 0.5) is 10.5 Å². The summed E-state index contributed by atoms with van der Waals surface area (Å²) < 4.78 is 15.8. The van der Waals surface area contributed by atoms with Gasteiger partial charge in [0.05, 0.1) is 41.9 Å². The molecule has 2 N–H and O–H groups in total. The number of aromatic amines is 1. The minimum atomic E-state index is -0.667. The average molecular weight is 645 g/mol. The van der Waals surface area contributed by atoms with E-state index in [9.17, 15) is 9.59 Å². The van der Waals surface area contributed by atoms with E-state index in [-0.39, 0.29) is 23.8 Å². The summed E-state index contributed by atoms with van der Waals surface area (Å²) in [7, 11) is 1.27. The van der Waals surface area contributed by atoms with Crippen LogP contribution < -0.4 is 10.1 Å². The van der Waals surface area contributed by atoms with Gasteiger partial charge in [0.25, 0.3) is 0 Å². The number of ether oxygens (including phenoxy) is 3. The molecular weight excluding hydrogens is 613 g/mol. The molecular formula is C35H31Cl2N3O5. The largest absolute Gasteiger partial charge is 0.465 e. The van der Waals surface area contributed by atoms with Crippen molar-refractivity contribution in [2.24, 2.45) is 0 Å². The number of anilines is 1. The van der Waals surface area contributed by atoms with Gasteiger partial charge in [0.15, 0.2) is 0 Å². The van der Waals surface area contributed by atoms with Gasteiger partial charge < -0.3 is 19.2 Å². The highest BCUT2D eigenvalue weighted by atomic mass is 35.5. The van der Waals surface area contributed by atoms with Gasteiger partial charge in [-0.25, -0.2) is 14.6 Å². The molecule has 10 heteroatoms. The van der Waals surface area contributed by atoms with Crippen LogP contribution in [0.25, 0.3) is 22.4 Å². The molecule has 5 aromatic rings. The lowest BCUT2D eigenvalue weighted by Gasteiger charge is -2.14. The maximum atomic E-state index is 12.3. The van der Waals surface area contributed by atoms with Gasteiger partial charge in [0.1, 0.15) is 17.3 Å². The van der Waals surface area contributed by atoms with Crippen LogP contribution >= 0.6 is 23.2 Å². The minimum Gasteiger partial charge on any atom is -0.465 e. The number of nitrogens with zero attached hydrogens (tertiary/aromatic N) is 1. The number of carbonyl (C=O) groups excluding carboxylic acids is 2. The smallest absolute Gasteiger partial charge is 0.411 e. The van der Waals surface area contributed by atoms with Crippen molar-refractivity contribution in [1.82, 2.24) is 9.97 Å². The molecule has 0 bridgehead atoms. The Kier molecular flexibility index (Phi) is 10.1. The first kappa shape index (κ1) is 31.6. The zero-order chi connectivity index (χ0) is 31.9. The molecule has 1 aromatic heterocycles. The fourth-order valence-electron chi connectivity index (χ4n) is 4.96. The number of rotatable bonds is 10. The molecule has 8 nitrogen and oxygen atoms in total. The Bertz CT molecular complexity index is 1800. The molecule has 5 rings (SSSR count). The fraction of sp³-hybridized carbons (Fsp3) is 0.171. The van der Waals surface area contributed by atoms with E-state index in [0.29, 0.717) is 21.5 Å². The number of halogens is 2. The molecule has 1 amide bonds. The highest BCUT2D eigenvalue weighted by Crippen LogP contribution is 2.34. The predicted octanol–water partition coefficient (Wildman–Crippen LogP) is 9.74. The van der Waals surface area contributed by atoms with E-state index in [1.165, 1.54) is 13.2 Å². The highest BCUT2D eigenvalue weighted by Gasteiger charge is 2.18. The zero-order valence-corrected chi connectivity index (χ0v) is 26.4. The summed E-state index contributed by atoms with van der Waals surface area (Å²) in [4.78, 5) is 32.3. The molecule has 1 atom stereocenters. The highest BCUT2D eigenvalue weighted by molar-refractivity contribution is 6.36. The monoisotopic (exact) mass is 643 g/mol. The van der Waals surface area contributed by atoms with Gasteiger partial charge in [0, 0.05) is 16.5 Å². The number of imidazole rings is 1. The molecule has 0 aliphatic carbocycles. The molecule has 0 saturated carbocycles. The van der Waals surface area contributed by atoms with Crippen molar-refractivity contribution >= 4 is 41.0 Å². The van der Waals surface area contributed by atoms with Gasteiger partial charge in [-0.1, -0.05) is 66.5 Å². The number of nitrogens with one attached hydrogen (secondary N) is 2. The molecule has 1 heterocycles. The van der Waals surface area contributed by atoms with E-state index < -0.39 is 12.1 Å². The topological polar surface area (TPSA) is 103 Å². The number of aromatic nitrogens is 2. The second kappa shape index (κ2) is 14.3. The molecule has 1 unspecified atom stereocenters. The van der Waals surface area contributed by atoms with Crippen molar-refractivity contribution in [3.8, 4) is 33.9 Å². The van der Waals surface area contributed by atoms with E-state index in [1.54, 1.807) is 31.3 Å². The fourth-order valence-corrected chi connectivity index (χ4v) is 5.47. The quantitative estimate of drug-likeness (QED) is 0.147. The Morgan fingerprint density at radius 3 is 2.22 bits per heavy atom. The molecule has 0 radical (unpaired) electrons. The summed E-state index contributed by atoms with van der Waals surface area (Å²) in [6.07, 6.45) is 2.00. The lowest BCUT2D eigenvalue weighted by atomic mass is 9.93. The maximum Gasteiger partial charge on any atom is 0.411 e. The summed E-state index contributed by atoms with van der Waals surface area (Å²) in [5.41, 5.74) is 5.31. The van der Waals surface area contributed by atoms with Crippen LogP contribution in [0.1, 0.15) is 47.9 Å². The summed E-state index contributed by atoms with van der Waals surface area (Å²) in [6, 6.07) is 26.2. The standard InChI is InChI=1S/C35H31Cl2N3O5/c1-4-27(33-38-20-32(39-33)28-16-12-24(36)18-30(28)37)23-8-6-21(7-9-23)22-10-13-25(14-11-22)45-26-15-17-31(40-35(42)44-5-2)29(19-26)34(41)43-3/h6-20,27H,4-5H2,1-3H3,(H,38,39)(H,40,42). The summed E-state index contributed by atoms with van der Waals surface area (Å²) in [6.45, 7) is 4.03. The first-order valence-electron chi connectivity index (χ1n) is 14.3. The molecule has 45 heavy (non-hydrogen) atoms. The third-order valence-corrected chi connectivity index (χ3v) is 7.75. The third-order valence-electron chi connectivity index (χ3n) is 7.20. The number of H-pyrrole nitrogens is 1. The Labute approximate surface area is 271 Å². The van der Waals surface area contributed by atoms with Crippen LogP contribution in [0.2, 0.25) is 10.0 Å². The van der Waals surface area contributed by atoms with Gasteiger partial charge in [-0.05, 0) is 78.6 Å². The first-order valence-corrected chi connectivity index (χ1v) is 15.1. The SMILES string of the molecule is CCOC(=O)Nc1ccc(Oc2ccc(-c3ccc(C(CC)c4ncc(-c5ccc(Cl)cc5Cl)[nH]4)cc3)cc2)cc1C(=O)OC. The number of methoxy groups -OCH3 is 1. The van der Waals surface area contributed by atoms with Gasteiger partial charge in [0.2, 0.25) is 0 Å². The van der Waals surface area contributed by atoms with Crippen LogP contribution in [-0.2, 0) is 9.47 Å². The van der Waals surface area contributed by atoms with E-state index in [2.05, 4.69) is 46.5 Å². The zero-order valence-electron chi connectivity index (χ0n) is 24.9. The normalized spacial score (nSPS) is 11.5. The molecule has 4 aromatic carbocycles. The second-order valence-electron chi connectivity index (χ2n) is 10.1. The number of carbonyl (C=O) groups is 2. The van der Waals surface area contributed by atoms with Crippen molar-refractivity contribution in [3.05, 3.63) is 118 Å². The number of benzene rings is 4. The average Bonchev–Trinajstić information content (AvgIpc) is 3.52. The van der Waals surface area contributed by atoms with Crippen molar-refractivity contribution in [3.63, 3.8) is 0 Å². The number of amides is 1. The van der Waals surface area contributed by atoms with Crippen LogP contribution in [0, 0.1) is 0 Å². The van der Waals surface area contributed by atoms with Crippen LogP contribution in [0.5, 0.6) is 11.5 Å². The van der Waals surface area contributed by atoms with Crippen molar-refractivity contribution in [1.29, 1.82) is 0 Å². The van der Waals surface area contributed by atoms with Crippen LogP contribution in [-0.4, -0.2) is 35.7 Å². The third kappa shape index (κ3) is 7.48. The predicted molar refractivity (Wildman–Crippen MR) is 177 cm³/mol. The molecule has 0 aliphatic heterocycles. The Morgan fingerprint density at radius 2 is 1.58 bits per heavy atom. The molecule has 0 saturated heterocycles. The molecule has 0 spiro atoms. The van der Waals surface area contributed by atoms with Gasteiger partial charge in [-0.3, -0.25) is 5.32 Å². The van der Waals surface area contributed by atoms with Gasteiger partial charge in [-0.2, -0.15) is 0 Å². The van der Waals surface area contributed by atoms with E-state index in [4.69, 9.17) is 37.4 Å². The maximum absolute atomic E-state index is 12.3. The van der Waals surface area contributed by atoms with Crippen LogP contribution in [0.15, 0.2) is 91.1 Å². The molecule has 230 valence electrons. The van der Waals surface area contributed by atoms with Crippen LogP contribution in [0.3, 0.4) is 0 Å². The van der Waals surface area contributed by atoms with E-state index in [0.717, 1.165) is 40.2 Å². The Balaban J connectivity index is 1.28. The summed E-state index contributed by atoms with van der Waals surface area (Å²) in [5, 5.41) is 3.70. The minimum absolute atomic E-state index is 0.0865.